The predicted octanol–water partition coefficient (Wildman–Crippen LogP) is 3.16. The lowest BCUT2D eigenvalue weighted by Crippen LogP contribution is -2.40. The van der Waals surface area contributed by atoms with Crippen molar-refractivity contribution in [1.29, 1.82) is 0 Å². The molecule has 0 aliphatic carbocycles. The van der Waals surface area contributed by atoms with Crippen molar-refractivity contribution in [3.8, 4) is 5.75 Å². The molecule has 1 aliphatic rings. The Labute approximate surface area is 180 Å². The van der Waals surface area contributed by atoms with Gasteiger partial charge in [0.25, 0.3) is 0 Å². The fraction of sp³-hybridized carbons (Fsp3) is 0.250. The monoisotopic (exact) mass is 451 g/mol. The maximum atomic E-state index is 12.8. The quantitative estimate of drug-likeness (QED) is 0.703. The number of anilines is 1. The molecule has 0 unspecified atom stereocenters. The van der Waals surface area contributed by atoms with Gasteiger partial charge in [-0.15, -0.1) is 0 Å². The molecule has 0 radical (unpaired) electrons. The third-order valence-electron chi connectivity index (χ3n) is 4.40. The van der Waals surface area contributed by atoms with Crippen LogP contribution < -0.4 is 15.4 Å². The minimum atomic E-state index is -3.70. The summed E-state index contributed by atoms with van der Waals surface area (Å²) in [6, 6.07) is 10.9. The molecular weight excluding hydrogens is 430 g/mol. The highest BCUT2D eigenvalue weighted by Crippen LogP contribution is 2.27. The molecule has 1 fully saturated rings. The van der Waals surface area contributed by atoms with E-state index in [1.54, 1.807) is 25.3 Å². The summed E-state index contributed by atoms with van der Waals surface area (Å²) in [4.78, 5) is 12.2. The molecule has 2 aromatic rings. The Morgan fingerprint density at radius 3 is 2.53 bits per heavy atom. The number of carbonyl (C=O) groups excluding carboxylic acids is 1. The first-order valence-corrected chi connectivity index (χ1v) is 11.0. The van der Waals surface area contributed by atoms with E-state index < -0.39 is 16.1 Å². The maximum Gasteiger partial charge on any atom is 0.323 e. The van der Waals surface area contributed by atoms with Gasteiger partial charge in [-0.2, -0.15) is 4.31 Å². The van der Waals surface area contributed by atoms with Crippen LogP contribution in [0, 0.1) is 0 Å². The van der Waals surface area contributed by atoms with E-state index >= 15 is 0 Å². The van der Waals surface area contributed by atoms with Crippen LogP contribution in [-0.2, 0) is 14.8 Å². The van der Waals surface area contributed by atoms with Crippen LogP contribution in [0.2, 0.25) is 5.02 Å². The molecule has 1 saturated heterocycles. The molecule has 0 aromatic heterocycles. The molecule has 0 saturated carbocycles. The molecular formula is C20H22ClN3O5S. The number of ether oxygens (including phenoxy) is 2. The van der Waals surface area contributed by atoms with Crippen LogP contribution >= 0.6 is 11.6 Å². The van der Waals surface area contributed by atoms with E-state index in [9.17, 15) is 13.2 Å². The largest absolute Gasteiger partial charge is 0.497 e. The minimum absolute atomic E-state index is 0.0536. The van der Waals surface area contributed by atoms with Crippen molar-refractivity contribution in [3.63, 3.8) is 0 Å². The molecule has 0 bridgehead atoms. The first kappa shape index (κ1) is 22.1. The second-order valence-electron chi connectivity index (χ2n) is 6.36. The molecule has 1 aliphatic heterocycles. The summed E-state index contributed by atoms with van der Waals surface area (Å²) in [5.74, 6) is 0.736. The van der Waals surface area contributed by atoms with E-state index in [-0.39, 0.29) is 28.7 Å². The number of methoxy groups -OCH3 is 1. The van der Waals surface area contributed by atoms with E-state index in [1.807, 2.05) is 12.1 Å². The summed E-state index contributed by atoms with van der Waals surface area (Å²) in [6.07, 6.45) is 3.18. The van der Waals surface area contributed by atoms with Gasteiger partial charge in [-0.25, -0.2) is 13.2 Å². The fourth-order valence-electron chi connectivity index (χ4n) is 2.78. The molecule has 2 aromatic carbocycles. The Bertz CT molecular complexity index is 1020. The van der Waals surface area contributed by atoms with Gasteiger partial charge in [0.2, 0.25) is 10.0 Å². The van der Waals surface area contributed by atoms with E-state index in [2.05, 4.69) is 10.6 Å². The van der Waals surface area contributed by atoms with Crippen LogP contribution in [0.25, 0.3) is 6.08 Å². The van der Waals surface area contributed by atoms with Gasteiger partial charge < -0.3 is 20.1 Å². The third kappa shape index (κ3) is 5.51. The van der Waals surface area contributed by atoms with Gasteiger partial charge in [-0.05, 0) is 42.0 Å². The van der Waals surface area contributed by atoms with Crippen molar-refractivity contribution in [2.24, 2.45) is 0 Å². The number of sulfonamides is 1. The summed E-state index contributed by atoms with van der Waals surface area (Å²) < 4.78 is 37.2. The van der Waals surface area contributed by atoms with Crippen molar-refractivity contribution in [2.45, 2.75) is 4.90 Å². The van der Waals surface area contributed by atoms with Crippen molar-refractivity contribution in [3.05, 3.63) is 59.3 Å². The molecule has 0 atom stereocenters. The van der Waals surface area contributed by atoms with Crippen molar-refractivity contribution >= 4 is 39.4 Å². The number of nitrogens with one attached hydrogen (secondary N) is 2. The lowest BCUT2D eigenvalue weighted by Gasteiger charge is -2.26. The number of halogens is 1. The first-order chi connectivity index (χ1) is 14.4. The zero-order chi connectivity index (χ0) is 21.6. The minimum Gasteiger partial charge on any atom is -0.497 e. The molecule has 10 heteroatoms. The summed E-state index contributed by atoms with van der Waals surface area (Å²) in [5.41, 5.74) is 1.06. The summed E-state index contributed by atoms with van der Waals surface area (Å²) >= 11 is 6.13. The van der Waals surface area contributed by atoms with Crippen LogP contribution in [0.4, 0.5) is 10.5 Å². The molecule has 160 valence electrons. The predicted molar refractivity (Wildman–Crippen MR) is 115 cm³/mol. The number of amides is 2. The van der Waals surface area contributed by atoms with E-state index in [1.165, 1.54) is 28.7 Å². The fourth-order valence-corrected chi connectivity index (χ4v) is 4.38. The van der Waals surface area contributed by atoms with Crippen LogP contribution in [0.3, 0.4) is 0 Å². The molecule has 1 heterocycles. The van der Waals surface area contributed by atoms with Gasteiger partial charge in [-0.1, -0.05) is 23.7 Å². The van der Waals surface area contributed by atoms with E-state index in [0.717, 1.165) is 11.3 Å². The standard InChI is InChI=1S/C20H22ClN3O5S/c1-28-16-4-2-15(3-5-16)8-9-22-20(25)23-19-14-17(6-7-18(19)21)30(26,27)24-10-12-29-13-11-24/h2-9,14H,10-13H2,1H3,(H2,22,23,25)/b9-8+. The molecule has 2 N–H and O–H groups in total. The van der Waals surface area contributed by atoms with E-state index in [0.29, 0.717) is 13.2 Å². The summed E-state index contributed by atoms with van der Waals surface area (Å²) in [7, 11) is -2.11. The van der Waals surface area contributed by atoms with Crippen molar-refractivity contribution in [2.75, 3.05) is 38.7 Å². The first-order valence-electron chi connectivity index (χ1n) is 9.16. The number of rotatable bonds is 6. The normalized spacial score (nSPS) is 15.1. The Morgan fingerprint density at radius 1 is 1.17 bits per heavy atom. The second kappa shape index (κ2) is 9.94. The molecule has 30 heavy (non-hydrogen) atoms. The average molecular weight is 452 g/mol. The van der Waals surface area contributed by atoms with Gasteiger partial charge in [0.15, 0.2) is 0 Å². The number of nitrogens with zero attached hydrogens (tertiary/aromatic N) is 1. The SMILES string of the molecule is COc1ccc(/C=C/NC(=O)Nc2cc(S(=O)(=O)N3CCOCC3)ccc2Cl)cc1. The topological polar surface area (TPSA) is 97.0 Å². The van der Waals surface area contributed by atoms with Crippen LogP contribution in [0.1, 0.15) is 5.56 Å². The lowest BCUT2D eigenvalue weighted by molar-refractivity contribution is 0.0730. The third-order valence-corrected chi connectivity index (χ3v) is 6.62. The highest BCUT2D eigenvalue weighted by Gasteiger charge is 2.27. The number of carbonyl (C=O) groups is 1. The Kier molecular flexibility index (Phi) is 7.33. The molecule has 0 spiro atoms. The Balaban J connectivity index is 1.66. The molecule has 2 amide bonds. The van der Waals surface area contributed by atoms with Gasteiger partial charge >= 0.3 is 6.03 Å². The Hall–Kier alpha value is -2.59. The summed E-state index contributed by atoms with van der Waals surface area (Å²) in [5, 5.41) is 5.36. The number of benzene rings is 2. The van der Waals surface area contributed by atoms with Crippen LogP contribution in [-0.4, -0.2) is 52.2 Å². The number of morpholine rings is 1. The van der Waals surface area contributed by atoms with Gasteiger partial charge in [0.05, 0.1) is 35.9 Å². The van der Waals surface area contributed by atoms with Crippen molar-refractivity contribution in [1.82, 2.24) is 9.62 Å². The van der Waals surface area contributed by atoms with Gasteiger partial charge in [0, 0.05) is 19.3 Å². The lowest BCUT2D eigenvalue weighted by atomic mass is 10.2. The zero-order valence-corrected chi connectivity index (χ0v) is 17.9. The highest BCUT2D eigenvalue weighted by molar-refractivity contribution is 7.89. The molecule has 3 rings (SSSR count). The number of hydrogen-bond donors (Lipinski definition) is 2. The van der Waals surface area contributed by atoms with E-state index in [4.69, 9.17) is 21.1 Å². The maximum absolute atomic E-state index is 12.8. The van der Waals surface area contributed by atoms with Gasteiger partial charge in [-0.3, -0.25) is 0 Å². The number of urea groups is 1. The Morgan fingerprint density at radius 2 is 1.87 bits per heavy atom. The zero-order valence-electron chi connectivity index (χ0n) is 16.3. The second-order valence-corrected chi connectivity index (χ2v) is 8.71. The van der Waals surface area contributed by atoms with Crippen LogP contribution in [0.15, 0.2) is 53.6 Å². The highest BCUT2D eigenvalue weighted by atomic mass is 35.5. The molecule has 8 nitrogen and oxygen atoms in total. The average Bonchev–Trinajstić information content (AvgIpc) is 2.76. The van der Waals surface area contributed by atoms with Crippen LogP contribution in [0.5, 0.6) is 5.75 Å². The summed E-state index contributed by atoms with van der Waals surface area (Å²) in [6.45, 7) is 1.26. The van der Waals surface area contributed by atoms with Gasteiger partial charge in [0.1, 0.15) is 5.75 Å². The smallest absolute Gasteiger partial charge is 0.323 e. The number of hydrogen-bond acceptors (Lipinski definition) is 5. The van der Waals surface area contributed by atoms with Crippen molar-refractivity contribution < 1.29 is 22.7 Å².